The van der Waals surface area contributed by atoms with Crippen LogP contribution < -0.4 is 5.32 Å². The molecule has 1 saturated heterocycles. The van der Waals surface area contributed by atoms with E-state index in [1.165, 1.54) is 41.4 Å². The van der Waals surface area contributed by atoms with Crippen LogP contribution in [-0.2, 0) is 6.42 Å². The zero-order valence-electron chi connectivity index (χ0n) is 8.97. The molecule has 3 heteroatoms. The predicted molar refractivity (Wildman–Crippen MR) is 60.9 cm³/mol. The van der Waals surface area contributed by atoms with E-state index in [4.69, 9.17) is 0 Å². The number of nitrogens with one attached hydrogen (secondary N) is 1. The Kier molecular flexibility index (Phi) is 3.19. The van der Waals surface area contributed by atoms with Crippen LogP contribution in [-0.4, -0.2) is 17.6 Å². The first-order valence-corrected chi connectivity index (χ1v) is 6.23. The number of nitrogens with zero attached hydrogens (tertiary/aromatic N) is 1. The number of rotatable bonds is 2. The molecule has 1 atom stereocenters. The van der Waals surface area contributed by atoms with Gasteiger partial charge < -0.3 is 5.32 Å². The Morgan fingerprint density at radius 1 is 1.43 bits per heavy atom. The summed E-state index contributed by atoms with van der Waals surface area (Å²) in [5.74, 6) is 0. The maximum atomic E-state index is 4.58. The standard InChI is InChI=1S/C11H18N2S/c1-8-9(2)14-11(13-8)7-10-5-3-4-6-12-10/h10,12H,3-7H2,1-2H3. The number of hydrogen-bond donors (Lipinski definition) is 1. The summed E-state index contributed by atoms with van der Waals surface area (Å²) in [6, 6.07) is 0.675. The molecule has 1 aromatic heterocycles. The van der Waals surface area contributed by atoms with Crippen molar-refractivity contribution in [2.75, 3.05) is 6.54 Å². The molecule has 2 rings (SSSR count). The summed E-state index contributed by atoms with van der Waals surface area (Å²) in [7, 11) is 0. The summed E-state index contributed by atoms with van der Waals surface area (Å²) < 4.78 is 0. The van der Waals surface area contributed by atoms with E-state index in [9.17, 15) is 0 Å². The van der Waals surface area contributed by atoms with E-state index in [1.807, 2.05) is 11.3 Å². The monoisotopic (exact) mass is 210 g/mol. The second-order valence-corrected chi connectivity index (χ2v) is 5.39. The van der Waals surface area contributed by atoms with Gasteiger partial charge in [0.1, 0.15) is 0 Å². The average molecular weight is 210 g/mol. The Morgan fingerprint density at radius 3 is 2.86 bits per heavy atom. The third-order valence-electron chi connectivity index (χ3n) is 2.91. The molecule has 0 aromatic carbocycles. The van der Waals surface area contributed by atoms with E-state index in [0.717, 1.165) is 6.42 Å². The molecule has 0 spiro atoms. The van der Waals surface area contributed by atoms with Gasteiger partial charge in [-0.3, -0.25) is 0 Å². The van der Waals surface area contributed by atoms with Gasteiger partial charge in [-0.05, 0) is 33.2 Å². The van der Waals surface area contributed by atoms with Crippen LogP contribution in [0.3, 0.4) is 0 Å². The molecule has 2 heterocycles. The first-order valence-electron chi connectivity index (χ1n) is 5.42. The highest BCUT2D eigenvalue weighted by Crippen LogP contribution is 2.20. The third-order valence-corrected chi connectivity index (χ3v) is 4.00. The zero-order valence-corrected chi connectivity index (χ0v) is 9.78. The van der Waals surface area contributed by atoms with E-state index >= 15 is 0 Å². The molecule has 1 aliphatic heterocycles. The second kappa shape index (κ2) is 4.41. The van der Waals surface area contributed by atoms with Gasteiger partial charge in [0.25, 0.3) is 0 Å². The predicted octanol–water partition coefficient (Wildman–Crippen LogP) is 2.44. The van der Waals surface area contributed by atoms with Crippen LogP contribution in [0.5, 0.6) is 0 Å². The summed E-state index contributed by atoms with van der Waals surface area (Å²) in [6.45, 7) is 5.45. The number of aromatic nitrogens is 1. The molecule has 2 nitrogen and oxygen atoms in total. The molecule has 14 heavy (non-hydrogen) atoms. The lowest BCUT2D eigenvalue weighted by Crippen LogP contribution is -2.35. The van der Waals surface area contributed by atoms with E-state index in [2.05, 4.69) is 24.1 Å². The lowest BCUT2D eigenvalue weighted by Gasteiger charge is -2.22. The lowest BCUT2D eigenvalue weighted by atomic mass is 10.0. The van der Waals surface area contributed by atoms with E-state index < -0.39 is 0 Å². The highest BCUT2D eigenvalue weighted by Gasteiger charge is 2.15. The first kappa shape index (κ1) is 10.1. The molecule has 1 aromatic rings. The van der Waals surface area contributed by atoms with Gasteiger partial charge in [-0.1, -0.05) is 6.42 Å². The molecule has 0 amide bonds. The Morgan fingerprint density at radius 2 is 2.29 bits per heavy atom. The fourth-order valence-electron chi connectivity index (χ4n) is 1.94. The minimum atomic E-state index is 0.675. The Labute approximate surface area is 89.8 Å². The highest BCUT2D eigenvalue weighted by molar-refractivity contribution is 7.11. The van der Waals surface area contributed by atoms with Gasteiger partial charge in [-0.2, -0.15) is 0 Å². The second-order valence-electron chi connectivity index (χ2n) is 4.10. The van der Waals surface area contributed by atoms with Crippen molar-refractivity contribution in [2.45, 2.75) is 45.6 Å². The molecule has 1 N–H and O–H groups in total. The SMILES string of the molecule is Cc1nc(CC2CCCCN2)sc1C. The summed E-state index contributed by atoms with van der Waals surface area (Å²) in [4.78, 5) is 5.95. The molecule has 0 bridgehead atoms. The average Bonchev–Trinajstić information content (AvgIpc) is 2.47. The first-order chi connectivity index (χ1) is 6.75. The van der Waals surface area contributed by atoms with Crippen LogP contribution in [0.4, 0.5) is 0 Å². The van der Waals surface area contributed by atoms with Gasteiger partial charge in [0, 0.05) is 17.3 Å². The summed E-state index contributed by atoms with van der Waals surface area (Å²) in [6.07, 6.45) is 5.16. The largest absolute Gasteiger partial charge is 0.314 e. The van der Waals surface area contributed by atoms with Crippen molar-refractivity contribution in [3.8, 4) is 0 Å². The zero-order chi connectivity index (χ0) is 9.97. The number of piperidine rings is 1. The molecule has 0 aliphatic carbocycles. The summed E-state index contributed by atoms with van der Waals surface area (Å²) >= 11 is 1.86. The van der Waals surface area contributed by atoms with Crippen molar-refractivity contribution in [3.63, 3.8) is 0 Å². The number of aryl methyl sites for hydroxylation is 2. The molecule has 78 valence electrons. The van der Waals surface area contributed by atoms with Crippen LogP contribution in [0.15, 0.2) is 0 Å². The van der Waals surface area contributed by atoms with Crippen LogP contribution in [0, 0.1) is 13.8 Å². The Hall–Kier alpha value is -0.410. The summed E-state index contributed by atoms with van der Waals surface area (Å²) in [5.41, 5.74) is 1.21. The minimum absolute atomic E-state index is 0.675. The summed E-state index contributed by atoms with van der Waals surface area (Å²) in [5, 5.41) is 4.87. The van der Waals surface area contributed by atoms with Crippen molar-refractivity contribution in [1.29, 1.82) is 0 Å². The van der Waals surface area contributed by atoms with Gasteiger partial charge in [0.05, 0.1) is 10.7 Å². The smallest absolute Gasteiger partial charge is 0.0946 e. The van der Waals surface area contributed by atoms with Crippen molar-refractivity contribution in [2.24, 2.45) is 0 Å². The van der Waals surface area contributed by atoms with Crippen LogP contribution in [0.2, 0.25) is 0 Å². The maximum absolute atomic E-state index is 4.58. The normalized spacial score (nSPS) is 22.6. The quantitative estimate of drug-likeness (QED) is 0.811. The fourth-order valence-corrected chi connectivity index (χ4v) is 2.95. The van der Waals surface area contributed by atoms with Gasteiger partial charge >= 0.3 is 0 Å². The molecule has 0 saturated carbocycles. The molecule has 1 fully saturated rings. The van der Waals surface area contributed by atoms with E-state index in [0.29, 0.717) is 6.04 Å². The van der Waals surface area contributed by atoms with Crippen molar-refractivity contribution >= 4 is 11.3 Å². The molecular weight excluding hydrogens is 192 g/mol. The minimum Gasteiger partial charge on any atom is -0.314 e. The van der Waals surface area contributed by atoms with E-state index in [1.54, 1.807) is 0 Å². The topological polar surface area (TPSA) is 24.9 Å². The molecule has 1 unspecified atom stereocenters. The fraction of sp³-hybridized carbons (Fsp3) is 0.727. The Bertz CT molecular complexity index is 281. The van der Waals surface area contributed by atoms with Gasteiger partial charge in [-0.15, -0.1) is 11.3 Å². The van der Waals surface area contributed by atoms with Crippen molar-refractivity contribution < 1.29 is 0 Å². The van der Waals surface area contributed by atoms with Gasteiger partial charge in [0.2, 0.25) is 0 Å². The van der Waals surface area contributed by atoms with Crippen LogP contribution >= 0.6 is 11.3 Å². The molecular formula is C11H18N2S. The third kappa shape index (κ3) is 2.34. The van der Waals surface area contributed by atoms with Gasteiger partial charge in [-0.25, -0.2) is 4.98 Å². The Balaban J connectivity index is 1.95. The van der Waals surface area contributed by atoms with Crippen molar-refractivity contribution in [3.05, 3.63) is 15.6 Å². The van der Waals surface area contributed by atoms with Gasteiger partial charge in [0.15, 0.2) is 0 Å². The van der Waals surface area contributed by atoms with Crippen molar-refractivity contribution in [1.82, 2.24) is 10.3 Å². The lowest BCUT2D eigenvalue weighted by molar-refractivity contribution is 0.399. The maximum Gasteiger partial charge on any atom is 0.0946 e. The number of thiazole rings is 1. The molecule has 1 aliphatic rings. The number of hydrogen-bond acceptors (Lipinski definition) is 3. The molecule has 0 radical (unpaired) electrons. The van der Waals surface area contributed by atoms with E-state index in [-0.39, 0.29) is 0 Å². The van der Waals surface area contributed by atoms with Crippen LogP contribution in [0.25, 0.3) is 0 Å². The van der Waals surface area contributed by atoms with Crippen LogP contribution in [0.1, 0.15) is 34.8 Å². The highest BCUT2D eigenvalue weighted by atomic mass is 32.1.